The van der Waals surface area contributed by atoms with E-state index in [1.165, 1.54) is 18.6 Å². The number of aromatic amines is 1. The topological polar surface area (TPSA) is 187 Å². The maximum absolute atomic E-state index is 12.8. The van der Waals surface area contributed by atoms with Crippen molar-refractivity contribution in [2.45, 2.75) is 18.8 Å². The number of nitrogens with one attached hydrogen (secondary N) is 1. The summed E-state index contributed by atoms with van der Waals surface area (Å²) in [5.41, 5.74) is 15.0. The van der Waals surface area contributed by atoms with E-state index in [1.54, 1.807) is 23.5 Å². The summed E-state index contributed by atoms with van der Waals surface area (Å²) >= 11 is 0. The Kier molecular flexibility index (Phi) is 7.17. The van der Waals surface area contributed by atoms with Crippen LogP contribution in [0.4, 0.5) is 5.82 Å². The van der Waals surface area contributed by atoms with Crippen molar-refractivity contribution in [3.05, 3.63) is 100 Å². The van der Waals surface area contributed by atoms with Crippen LogP contribution in [0.5, 0.6) is 0 Å². The first-order valence-electron chi connectivity index (χ1n) is 12.2. The normalized spacial score (nSPS) is 14.3. The van der Waals surface area contributed by atoms with Gasteiger partial charge in [0.2, 0.25) is 0 Å². The molecule has 5 heterocycles. The minimum atomic E-state index is -0.537. The van der Waals surface area contributed by atoms with Gasteiger partial charge in [-0.1, -0.05) is 6.07 Å². The largest absolute Gasteiger partial charge is 0.404 e. The number of nitrogens with zero attached hydrogens (tertiary/aromatic N) is 6. The second kappa shape index (κ2) is 11.0. The van der Waals surface area contributed by atoms with Crippen LogP contribution in [-0.4, -0.2) is 60.1 Å². The number of carbonyl (C=O) groups excluding carboxylic acids is 2. The van der Waals surface area contributed by atoms with E-state index in [-0.39, 0.29) is 28.8 Å². The third kappa shape index (κ3) is 5.12. The highest BCUT2D eigenvalue weighted by atomic mass is 16.2. The van der Waals surface area contributed by atoms with Crippen LogP contribution in [0.2, 0.25) is 0 Å². The molecule has 12 heteroatoms. The average molecular weight is 524 g/mol. The molecule has 0 radical (unpaired) electrons. The van der Waals surface area contributed by atoms with E-state index in [4.69, 9.17) is 16.5 Å². The molecule has 12 nitrogen and oxygen atoms in total. The van der Waals surface area contributed by atoms with Gasteiger partial charge in [0, 0.05) is 72.9 Å². The van der Waals surface area contributed by atoms with Crippen LogP contribution >= 0.6 is 0 Å². The predicted octanol–water partition coefficient (Wildman–Crippen LogP) is 1.78. The molecular formula is C27H25N9O3. The Morgan fingerprint density at radius 1 is 1.08 bits per heavy atom. The van der Waals surface area contributed by atoms with Crippen molar-refractivity contribution in [3.63, 3.8) is 0 Å². The fourth-order valence-electron chi connectivity index (χ4n) is 4.61. The number of piperidine rings is 1. The van der Waals surface area contributed by atoms with Gasteiger partial charge in [-0.15, -0.1) is 0 Å². The molecule has 39 heavy (non-hydrogen) atoms. The van der Waals surface area contributed by atoms with Gasteiger partial charge in [0.25, 0.3) is 11.5 Å². The van der Waals surface area contributed by atoms with Crippen LogP contribution < -0.4 is 17.0 Å². The number of rotatable bonds is 6. The predicted molar refractivity (Wildman–Crippen MR) is 143 cm³/mol. The molecule has 0 aliphatic carbocycles. The molecule has 1 fully saturated rings. The highest BCUT2D eigenvalue weighted by Crippen LogP contribution is 2.32. The molecule has 1 amide bonds. The maximum atomic E-state index is 12.8. The Morgan fingerprint density at radius 2 is 1.90 bits per heavy atom. The van der Waals surface area contributed by atoms with Crippen molar-refractivity contribution in [2.75, 3.05) is 18.8 Å². The summed E-state index contributed by atoms with van der Waals surface area (Å²) in [5, 5.41) is 0. The van der Waals surface area contributed by atoms with Crippen LogP contribution in [0.15, 0.2) is 66.2 Å². The van der Waals surface area contributed by atoms with Gasteiger partial charge >= 0.3 is 0 Å². The molecule has 1 saturated heterocycles. The first-order valence-corrected chi connectivity index (χ1v) is 12.2. The number of amides is 1. The molecule has 1 aliphatic heterocycles. The number of nitrogen functional groups attached to an aromatic ring is 1. The fraction of sp³-hybridized carbons (Fsp3) is 0.185. The molecule has 0 unspecified atom stereocenters. The summed E-state index contributed by atoms with van der Waals surface area (Å²) < 4.78 is 0. The summed E-state index contributed by atoms with van der Waals surface area (Å²) in [6.07, 6.45) is 10.9. The number of aromatic nitrogens is 6. The minimum absolute atomic E-state index is 0.0443. The molecule has 196 valence electrons. The lowest BCUT2D eigenvalue weighted by Crippen LogP contribution is -2.41. The third-order valence-corrected chi connectivity index (χ3v) is 6.64. The number of carbonyl (C=O) groups is 2. The van der Waals surface area contributed by atoms with Gasteiger partial charge in [-0.25, -0.2) is 15.0 Å². The minimum Gasteiger partial charge on any atom is -0.404 e. The van der Waals surface area contributed by atoms with Crippen molar-refractivity contribution in [1.29, 1.82) is 0 Å². The Labute approximate surface area is 222 Å². The Balaban J connectivity index is 1.40. The van der Waals surface area contributed by atoms with E-state index < -0.39 is 11.5 Å². The summed E-state index contributed by atoms with van der Waals surface area (Å²) in [4.78, 5) is 62.4. The van der Waals surface area contributed by atoms with Gasteiger partial charge in [-0.3, -0.25) is 24.4 Å². The van der Waals surface area contributed by atoms with Crippen molar-refractivity contribution < 1.29 is 9.59 Å². The van der Waals surface area contributed by atoms with Gasteiger partial charge in [0.15, 0.2) is 17.8 Å². The third-order valence-electron chi connectivity index (χ3n) is 6.64. The summed E-state index contributed by atoms with van der Waals surface area (Å²) in [6, 6.07) is 7.45. The molecule has 0 spiro atoms. The zero-order valence-corrected chi connectivity index (χ0v) is 20.8. The molecule has 0 bridgehead atoms. The van der Waals surface area contributed by atoms with Crippen molar-refractivity contribution in [2.24, 2.45) is 5.73 Å². The number of nitrogens with two attached hydrogens (primary N) is 2. The zero-order valence-electron chi connectivity index (χ0n) is 20.8. The summed E-state index contributed by atoms with van der Waals surface area (Å²) in [7, 11) is 0. The summed E-state index contributed by atoms with van der Waals surface area (Å²) in [5.74, 6) is -0.289. The second-order valence-electron chi connectivity index (χ2n) is 8.94. The maximum Gasteiger partial charge on any atom is 0.279 e. The lowest BCUT2D eigenvalue weighted by atomic mass is 9.90. The number of hydrogen-bond acceptors (Lipinski definition) is 10. The molecule has 4 aromatic heterocycles. The second-order valence-corrected chi connectivity index (χ2v) is 8.94. The summed E-state index contributed by atoms with van der Waals surface area (Å²) in [6.45, 7) is 0.715. The number of likely N-dealkylation sites (tertiary alicyclic amines) is 1. The molecule has 4 aromatic rings. The smallest absolute Gasteiger partial charge is 0.279 e. The van der Waals surface area contributed by atoms with Crippen LogP contribution in [0.3, 0.4) is 0 Å². The first kappa shape index (κ1) is 25.4. The SMILES string of the molecule is NC=C(c1ccc(-c2cccnc2)nc1)c1nc(N)c(C=O)c(C2CCN(C(=O)c3ncc[nH]c3=O)CC2)n1. The van der Waals surface area contributed by atoms with Crippen molar-refractivity contribution in [1.82, 2.24) is 34.8 Å². The Bertz CT molecular complexity index is 1590. The fourth-order valence-corrected chi connectivity index (χ4v) is 4.61. The van der Waals surface area contributed by atoms with E-state index in [0.29, 0.717) is 49.0 Å². The first-order chi connectivity index (χ1) is 19.0. The van der Waals surface area contributed by atoms with Gasteiger partial charge in [0.1, 0.15) is 5.82 Å². The highest BCUT2D eigenvalue weighted by Gasteiger charge is 2.30. The van der Waals surface area contributed by atoms with E-state index in [2.05, 4.69) is 24.9 Å². The number of H-pyrrole nitrogens is 1. The quantitative estimate of drug-likeness (QED) is 0.314. The molecule has 0 atom stereocenters. The molecule has 0 aromatic carbocycles. The lowest BCUT2D eigenvalue weighted by Gasteiger charge is -2.32. The van der Waals surface area contributed by atoms with Crippen LogP contribution in [0, 0.1) is 0 Å². The van der Waals surface area contributed by atoms with Gasteiger partial charge in [-0.2, -0.15) is 0 Å². The number of pyridine rings is 2. The number of hydrogen-bond donors (Lipinski definition) is 3. The molecule has 5 rings (SSSR count). The van der Waals surface area contributed by atoms with E-state index in [1.807, 2.05) is 24.3 Å². The monoisotopic (exact) mass is 523 g/mol. The van der Waals surface area contributed by atoms with Crippen molar-refractivity contribution in [3.8, 4) is 11.3 Å². The zero-order chi connectivity index (χ0) is 27.4. The average Bonchev–Trinajstić information content (AvgIpc) is 2.98. The van der Waals surface area contributed by atoms with Crippen LogP contribution in [-0.2, 0) is 0 Å². The van der Waals surface area contributed by atoms with Gasteiger partial charge < -0.3 is 21.4 Å². The standard InChI is InChI=1S/C27H25N9O3/c28-12-19(17-3-4-21(33-14-17)18-2-1-7-30-13-18)25-34-22(20(15-37)24(29)35-25)16-5-10-36(11-6-16)27(39)23-26(38)32-9-8-31-23/h1-4,7-9,12-16H,5-6,10-11,28H2,(H,32,38)(H2,29,34,35). The molecular weight excluding hydrogens is 498 g/mol. The molecule has 5 N–H and O–H groups in total. The van der Waals surface area contributed by atoms with E-state index in [9.17, 15) is 14.4 Å². The van der Waals surface area contributed by atoms with Crippen LogP contribution in [0.1, 0.15) is 56.7 Å². The number of aldehydes is 1. The molecule has 0 saturated carbocycles. The Morgan fingerprint density at radius 3 is 2.54 bits per heavy atom. The van der Waals surface area contributed by atoms with Crippen molar-refractivity contribution >= 4 is 23.6 Å². The van der Waals surface area contributed by atoms with E-state index in [0.717, 1.165) is 11.3 Å². The van der Waals surface area contributed by atoms with E-state index >= 15 is 0 Å². The number of anilines is 1. The highest BCUT2D eigenvalue weighted by molar-refractivity contribution is 5.92. The lowest BCUT2D eigenvalue weighted by molar-refractivity contribution is 0.0703. The van der Waals surface area contributed by atoms with Gasteiger partial charge in [0.05, 0.1) is 17.0 Å². The Hall–Kier alpha value is -5.26. The molecule has 1 aliphatic rings. The van der Waals surface area contributed by atoms with Crippen LogP contribution in [0.25, 0.3) is 16.8 Å². The van der Waals surface area contributed by atoms with Gasteiger partial charge in [-0.05, 0) is 31.0 Å².